The molecule has 1 aliphatic rings. The fourth-order valence-corrected chi connectivity index (χ4v) is 1.97. The highest BCUT2D eigenvalue weighted by Gasteiger charge is 2.30. The van der Waals surface area contributed by atoms with Gasteiger partial charge in [0.25, 0.3) is 5.69 Å². The second kappa shape index (κ2) is 4.73. The first kappa shape index (κ1) is 13.1. The van der Waals surface area contributed by atoms with E-state index in [1.165, 1.54) is 0 Å². The molecule has 0 saturated carbocycles. The van der Waals surface area contributed by atoms with Crippen LogP contribution in [0.15, 0.2) is 6.07 Å². The zero-order valence-corrected chi connectivity index (χ0v) is 10.4. The number of nitrogens with one attached hydrogen (secondary N) is 2. The summed E-state index contributed by atoms with van der Waals surface area (Å²) in [4.78, 5) is 33.1. The van der Waals surface area contributed by atoms with Crippen molar-refractivity contribution in [3.63, 3.8) is 0 Å². The minimum atomic E-state index is -0.764. The minimum Gasteiger partial charge on any atom is -0.465 e. The number of fused-ring (bicyclic) bond motifs is 1. The first-order valence-electron chi connectivity index (χ1n) is 5.08. The lowest BCUT2D eigenvalue weighted by molar-refractivity contribution is -0.384. The van der Waals surface area contributed by atoms with Crippen molar-refractivity contribution in [2.75, 3.05) is 24.3 Å². The number of ether oxygens (including phenoxy) is 1. The lowest BCUT2D eigenvalue weighted by Gasteiger charge is -2.21. The van der Waals surface area contributed by atoms with E-state index in [0.29, 0.717) is 0 Å². The smallest absolute Gasteiger partial charge is 0.340 e. The number of nitro benzene ring substituents is 1. The Balaban J connectivity index is 2.71. The summed E-state index contributed by atoms with van der Waals surface area (Å²) in [5.74, 6) is -1.18. The Bertz CT molecular complexity index is 601. The van der Waals surface area contributed by atoms with Crippen molar-refractivity contribution in [2.45, 2.75) is 0 Å². The standard InChI is InChI=1S/C10H8ClN3O5/c1-19-10(16)4-2-5(14(17)18)7(11)9-8(4)12-3-6(15)13-9/h2,12H,3H2,1H3,(H,13,15). The van der Waals surface area contributed by atoms with E-state index in [9.17, 15) is 19.7 Å². The Labute approximate surface area is 111 Å². The highest BCUT2D eigenvalue weighted by Crippen LogP contribution is 2.42. The summed E-state index contributed by atoms with van der Waals surface area (Å²) >= 11 is 5.86. The van der Waals surface area contributed by atoms with Crippen LogP contribution in [-0.4, -0.2) is 30.5 Å². The van der Waals surface area contributed by atoms with E-state index < -0.39 is 22.5 Å². The maximum absolute atomic E-state index is 11.6. The second-order valence-corrected chi connectivity index (χ2v) is 4.04. The molecule has 2 N–H and O–H groups in total. The third kappa shape index (κ3) is 2.17. The average molecular weight is 286 g/mol. The average Bonchev–Trinajstić information content (AvgIpc) is 2.38. The molecule has 1 aromatic rings. The van der Waals surface area contributed by atoms with Crippen LogP contribution in [0.25, 0.3) is 0 Å². The first-order chi connectivity index (χ1) is 8.95. The lowest BCUT2D eigenvalue weighted by atomic mass is 10.1. The van der Waals surface area contributed by atoms with Crippen LogP contribution in [0.2, 0.25) is 5.02 Å². The first-order valence-corrected chi connectivity index (χ1v) is 5.46. The van der Waals surface area contributed by atoms with Gasteiger partial charge in [-0.15, -0.1) is 0 Å². The van der Waals surface area contributed by atoms with Crippen LogP contribution in [-0.2, 0) is 9.53 Å². The topological polar surface area (TPSA) is 111 Å². The number of carbonyl (C=O) groups excluding carboxylic acids is 2. The Hall–Kier alpha value is -2.35. The van der Waals surface area contributed by atoms with E-state index in [-0.39, 0.29) is 28.5 Å². The Kier molecular flexibility index (Phi) is 3.26. The zero-order valence-electron chi connectivity index (χ0n) is 9.65. The molecule has 0 bridgehead atoms. The number of halogens is 1. The largest absolute Gasteiger partial charge is 0.465 e. The molecule has 1 heterocycles. The molecule has 0 saturated heterocycles. The van der Waals surface area contributed by atoms with Gasteiger partial charge in [0.2, 0.25) is 5.91 Å². The summed E-state index contributed by atoms with van der Waals surface area (Å²) in [6.07, 6.45) is 0. The van der Waals surface area contributed by atoms with Crippen molar-refractivity contribution in [3.05, 3.63) is 26.8 Å². The highest BCUT2D eigenvalue weighted by atomic mass is 35.5. The van der Waals surface area contributed by atoms with Gasteiger partial charge in [0.1, 0.15) is 5.02 Å². The summed E-state index contributed by atoms with van der Waals surface area (Å²) in [7, 11) is 1.15. The van der Waals surface area contributed by atoms with Gasteiger partial charge in [-0.05, 0) is 0 Å². The SMILES string of the molecule is COC(=O)c1cc([N+](=O)[O-])c(Cl)c2c1NCC(=O)N2. The number of hydrogen-bond donors (Lipinski definition) is 2. The number of hydrogen-bond acceptors (Lipinski definition) is 6. The van der Waals surface area contributed by atoms with Crippen molar-refractivity contribution in [1.82, 2.24) is 0 Å². The van der Waals surface area contributed by atoms with Crippen molar-refractivity contribution < 1.29 is 19.2 Å². The minimum absolute atomic E-state index is 0.00696. The molecule has 2 rings (SSSR count). The second-order valence-electron chi connectivity index (χ2n) is 3.66. The summed E-state index contributed by atoms with van der Waals surface area (Å²) in [5.41, 5.74) is -0.326. The van der Waals surface area contributed by atoms with Crippen molar-refractivity contribution in [2.24, 2.45) is 0 Å². The van der Waals surface area contributed by atoms with Gasteiger partial charge in [-0.3, -0.25) is 14.9 Å². The van der Waals surface area contributed by atoms with E-state index in [4.69, 9.17) is 11.6 Å². The molecule has 9 heteroatoms. The summed E-state index contributed by atoms with van der Waals surface area (Å²) in [6, 6.07) is 1.01. The predicted molar refractivity (Wildman–Crippen MR) is 66.6 cm³/mol. The molecule has 1 aliphatic heterocycles. The molecule has 8 nitrogen and oxygen atoms in total. The molecule has 0 spiro atoms. The molecule has 0 unspecified atom stereocenters. The van der Waals surface area contributed by atoms with Crippen LogP contribution in [0.4, 0.5) is 17.1 Å². The van der Waals surface area contributed by atoms with Crippen LogP contribution < -0.4 is 10.6 Å². The van der Waals surface area contributed by atoms with E-state index >= 15 is 0 Å². The van der Waals surface area contributed by atoms with Gasteiger partial charge in [-0.2, -0.15) is 0 Å². The van der Waals surface area contributed by atoms with Gasteiger partial charge in [0.05, 0.1) is 35.5 Å². The van der Waals surface area contributed by atoms with Crippen LogP contribution in [0.1, 0.15) is 10.4 Å². The van der Waals surface area contributed by atoms with Crippen molar-refractivity contribution >= 4 is 40.5 Å². The van der Waals surface area contributed by atoms with Gasteiger partial charge in [-0.25, -0.2) is 4.79 Å². The van der Waals surface area contributed by atoms with E-state index in [2.05, 4.69) is 15.4 Å². The van der Waals surface area contributed by atoms with Crippen LogP contribution in [0.5, 0.6) is 0 Å². The summed E-state index contributed by atoms with van der Waals surface area (Å²) < 4.78 is 4.55. The fourth-order valence-electron chi connectivity index (χ4n) is 1.70. The quantitative estimate of drug-likeness (QED) is 0.483. The number of esters is 1. The van der Waals surface area contributed by atoms with Crippen molar-refractivity contribution in [3.8, 4) is 0 Å². The zero-order chi connectivity index (χ0) is 14.2. The lowest BCUT2D eigenvalue weighted by Crippen LogP contribution is -2.29. The monoisotopic (exact) mass is 285 g/mol. The van der Waals surface area contributed by atoms with E-state index in [1.807, 2.05) is 0 Å². The van der Waals surface area contributed by atoms with Crippen LogP contribution >= 0.6 is 11.6 Å². The number of rotatable bonds is 2. The Morgan fingerprint density at radius 2 is 2.21 bits per heavy atom. The third-order valence-electron chi connectivity index (χ3n) is 2.54. The summed E-state index contributed by atoms with van der Waals surface area (Å²) in [6.45, 7) is -0.0644. The molecular weight excluding hydrogens is 278 g/mol. The van der Waals surface area contributed by atoms with Gasteiger partial charge >= 0.3 is 5.97 Å². The number of nitrogens with zero attached hydrogens (tertiary/aromatic N) is 1. The van der Waals surface area contributed by atoms with Gasteiger partial charge < -0.3 is 15.4 Å². The molecule has 100 valence electrons. The van der Waals surface area contributed by atoms with E-state index in [0.717, 1.165) is 13.2 Å². The van der Waals surface area contributed by atoms with E-state index in [1.54, 1.807) is 0 Å². The molecule has 0 radical (unpaired) electrons. The molecule has 1 aromatic carbocycles. The van der Waals surface area contributed by atoms with Gasteiger partial charge in [0.15, 0.2) is 0 Å². The number of benzene rings is 1. The molecule has 0 fully saturated rings. The molecule has 0 aliphatic carbocycles. The Morgan fingerprint density at radius 3 is 2.79 bits per heavy atom. The maximum Gasteiger partial charge on any atom is 0.340 e. The third-order valence-corrected chi connectivity index (χ3v) is 2.92. The van der Waals surface area contributed by atoms with Crippen LogP contribution in [0, 0.1) is 10.1 Å². The molecule has 19 heavy (non-hydrogen) atoms. The van der Waals surface area contributed by atoms with Gasteiger partial charge in [0, 0.05) is 6.07 Å². The highest BCUT2D eigenvalue weighted by molar-refractivity contribution is 6.37. The molecular formula is C10H8ClN3O5. The fraction of sp³-hybridized carbons (Fsp3) is 0.200. The summed E-state index contributed by atoms with van der Waals surface area (Å²) in [5, 5.41) is 15.7. The predicted octanol–water partition coefficient (Wildman–Crippen LogP) is 1.40. The maximum atomic E-state index is 11.6. The number of amides is 1. The Morgan fingerprint density at radius 1 is 1.53 bits per heavy atom. The molecule has 1 amide bonds. The number of nitro groups is 1. The normalized spacial score (nSPS) is 13.1. The molecule has 0 atom stereocenters. The molecule has 0 aromatic heterocycles. The number of methoxy groups -OCH3 is 1. The van der Waals surface area contributed by atoms with Gasteiger partial charge in [-0.1, -0.05) is 11.6 Å². The number of carbonyl (C=O) groups is 2. The van der Waals surface area contributed by atoms with Crippen molar-refractivity contribution in [1.29, 1.82) is 0 Å². The van der Waals surface area contributed by atoms with Crippen LogP contribution in [0.3, 0.4) is 0 Å². The number of anilines is 2.